The summed E-state index contributed by atoms with van der Waals surface area (Å²) in [5.74, 6) is 2.67. The third kappa shape index (κ3) is 2.25. The van der Waals surface area contributed by atoms with Crippen molar-refractivity contribution in [3.8, 4) is 0 Å². The van der Waals surface area contributed by atoms with Gasteiger partial charge in [-0.1, -0.05) is 0 Å². The fourth-order valence-corrected chi connectivity index (χ4v) is 3.19. The van der Waals surface area contributed by atoms with Gasteiger partial charge in [0, 0.05) is 38.6 Å². The zero-order chi connectivity index (χ0) is 16.8. The highest BCUT2D eigenvalue weighted by Crippen LogP contribution is 2.21. The first kappa shape index (κ1) is 14.1. The summed E-state index contributed by atoms with van der Waals surface area (Å²) in [5.41, 5.74) is 1.55. The van der Waals surface area contributed by atoms with Crippen molar-refractivity contribution in [2.24, 2.45) is 0 Å². The zero-order valence-corrected chi connectivity index (χ0v) is 13.7. The zero-order valence-electron chi connectivity index (χ0n) is 13.7. The molecule has 1 aliphatic heterocycles. The van der Waals surface area contributed by atoms with Gasteiger partial charge in [-0.15, -0.1) is 25.5 Å². The van der Waals surface area contributed by atoms with E-state index >= 15 is 0 Å². The monoisotopic (exact) mass is 336 g/mol. The van der Waals surface area contributed by atoms with E-state index in [0.717, 1.165) is 54.9 Å². The highest BCUT2D eigenvalue weighted by atomic mass is 15.4. The molecular formula is C15H16N10. The van der Waals surface area contributed by atoms with Crippen LogP contribution in [0, 0.1) is 6.92 Å². The Morgan fingerprint density at radius 2 is 1.80 bits per heavy atom. The van der Waals surface area contributed by atoms with Crippen molar-refractivity contribution in [1.29, 1.82) is 0 Å². The fraction of sp³-hybridized carbons (Fsp3) is 0.333. The molecule has 0 amide bonds. The predicted molar refractivity (Wildman–Crippen MR) is 90.7 cm³/mol. The van der Waals surface area contributed by atoms with Gasteiger partial charge in [-0.05, 0) is 19.1 Å². The maximum Gasteiger partial charge on any atom is 0.203 e. The maximum atomic E-state index is 4.57. The minimum Gasteiger partial charge on any atom is -0.352 e. The Balaban J connectivity index is 1.38. The first-order valence-electron chi connectivity index (χ1n) is 8.13. The van der Waals surface area contributed by atoms with E-state index in [4.69, 9.17) is 0 Å². The third-order valence-electron chi connectivity index (χ3n) is 4.53. The van der Waals surface area contributed by atoms with E-state index in [1.165, 1.54) is 0 Å². The molecule has 0 saturated carbocycles. The van der Waals surface area contributed by atoms with Crippen LogP contribution < -0.4 is 9.80 Å². The van der Waals surface area contributed by atoms with E-state index < -0.39 is 0 Å². The number of fused-ring (bicyclic) bond motifs is 2. The van der Waals surface area contributed by atoms with Crippen LogP contribution in [0.15, 0.2) is 30.9 Å². The van der Waals surface area contributed by atoms with Gasteiger partial charge < -0.3 is 9.80 Å². The molecule has 5 rings (SSSR count). The van der Waals surface area contributed by atoms with Gasteiger partial charge in [-0.25, -0.2) is 4.98 Å². The standard InChI is InChI=1S/C15H16N10/c1-11-18-20-15-14(16-4-5-24(11)15)23-8-6-22(7-9-23)13-3-2-12-19-17-10-25(12)21-13/h2-5,10H,6-9H2,1H3. The molecule has 4 aromatic rings. The molecule has 4 aromatic heterocycles. The number of hydrogen-bond donors (Lipinski definition) is 0. The van der Waals surface area contributed by atoms with Gasteiger partial charge in [-0.3, -0.25) is 4.40 Å². The fourth-order valence-electron chi connectivity index (χ4n) is 3.19. The molecule has 0 atom stereocenters. The summed E-state index contributed by atoms with van der Waals surface area (Å²) in [5, 5.41) is 20.8. The highest BCUT2D eigenvalue weighted by Gasteiger charge is 2.22. The number of piperazine rings is 1. The lowest BCUT2D eigenvalue weighted by molar-refractivity contribution is 0.636. The van der Waals surface area contributed by atoms with E-state index in [9.17, 15) is 0 Å². The van der Waals surface area contributed by atoms with E-state index in [2.05, 4.69) is 40.3 Å². The van der Waals surface area contributed by atoms with Crippen molar-refractivity contribution in [1.82, 2.24) is 39.4 Å². The predicted octanol–water partition coefficient (Wildman–Crippen LogP) is 0.197. The average Bonchev–Trinajstić information content (AvgIpc) is 3.28. The Morgan fingerprint density at radius 1 is 0.960 bits per heavy atom. The lowest BCUT2D eigenvalue weighted by Crippen LogP contribution is -2.47. The van der Waals surface area contributed by atoms with E-state index in [1.54, 1.807) is 17.0 Å². The second-order valence-corrected chi connectivity index (χ2v) is 5.99. The van der Waals surface area contributed by atoms with E-state index in [1.807, 2.05) is 29.7 Å². The van der Waals surface area contributed by atoms with Crippen LogP contribution in [-0.4, -0.2) is 65.6 Å². The molecule has 0 unspecified atom stereocenters. The van der Waals surface area contributed by atoms with Gasteiger partial charge >= 0.3 is 0 Å². The second-order valence-electron chi connectivity index (χ2n) is 5.99. The van der Waals surface area contributed by atoms with Gasteiger partial charge in [0.15, 0.2) is 11.5 Å². The summed E-state index contributed by atoms with van der Waals surface area (Å²) in [6.07, 6.45) is 5.31. The van der Waals surface area contributed by atoms with Gasteiger partial charge in [-0.2, -0.15) is 4.52 Å². The first-order chi connectivity index (χ1) is 12.3. The van der Waals surface area contributed by atoms with Crippen LogP contribution in [0.4, 0.5) is 11.6 Å². The Labute approximate surface area is 142 Å². The van der Waals surface area contributed by atoms with Crippen molar-refractivity contribution in [3.63, 3.8) is 0 Å². The quantitative estimate of drug-likeness (QED) is 0.512. The van der Waals surface area contributed by atoms with E-state index in [-0.39, 0.29) is 0 Å². The minimum atomic E-state index is 0.750. The molecular weight excluding hydrogens is 320 g/mol. The molecule has 1 saturated heterocycles. The van der Waals surface area contributed by atoms with Crippen LogP contribution in [0.1, 0.15) is 5.82 Å². The third-order valence-corrected chi connectivity index (χ3v) is 4.53. The normalized spacial score (nSPS) is 15.4. The van der Waals surface area contributed by atoms with E-state index in [0.29, 0.717) is 0 Å². The summed E-state index contributed by atoms with van der Waals surface area (Å²) in [4.78, 5) is 9.03. The average molecular weight is 336 g/mol. The number of aromatic nitrogens is 8. The molecule has 0 aromatic carbocycles. The molecule has 0 spiro atoms. The number of hydrogen-bond acceptors (Lipinski definition) is 8. The van der Waals surface area contributed by atoms with Crippen molar-refractivity contribution in [2.45, 2.75) is 6.92 Å². The molecule has 25 heavy (non-hydrogen) atoms. The lowest BCUT2D eigenvalue weighted by atomic mass is 10.3. The Kier molecular flexibility index (Phi) is 3.02. The SMILES string of the molecule is Cc1nnc2c(N3CCN(c4ccc5nncn5n4)CC3)nccn12. The van der Waals surface area contributed by atoms with Gasteiger partial charge in [0.05, 0.1) is 0 Å². The maximum absolute atomic E-state index is 4.57. The Hall–Kier alpha value is -3.30. The molecule has 10 nitrogen and oxygen atoms in total. The summed E-state index contributed by atoms with van der Waals surface area (Å²) in [6.45, 7) is 5.35. The van der Waals surface area contributed by atoms with Gasteiger partial charge in [0.25, 0.3) is 0 Å². The van der Waals surface area contributed by atoms with Crippen LogP contribution in [0.2, 0.25) is 0 Å². The topological polar surface area (TPSA) is 92.6 Å². The molecule has 0 radical (unpaired) electrons. The highest BCUT2D eigenvalue weighted by molar-refractivity contribution is 5.64. The summed E-state index contributed by atoms with van der Waals surface area (Å²) in [7, 11) is 0. The largest absolute Gasteiger partial charge is 0.352 e. The molecule has 10 heteroatoms. The number of aryl methyl sites for hydroxylation is 1. The number of anilines is 2. The second kappa shape index (κ2) is 5.36. The van der Waals surface area contributed by atoms with Crippen molar-refractivity contribution in [3.05, 3.63) is 36.7 Å². The van der Waals surface area contributed by atoms with Gasteiger partial charge in [0.2, 0.25) is 5.65 Å². The van der Waals surface area contributed by atoms with Crippen LogP contribution in [-0.2, 0) is 0 Å². The Morgan fingerprint density at radius 3 is 2.68 bits per heavy atom. The molecule has 126 valence electrons. The molecule has 1 fully saturated rings. The number of rotatable bonds is 2. The van der Waals surface area contributed by atoms with Crippen LogP contribution in [0.25, 0.3) is 11.3 Å². The number of nitrogens with zero attached hydrogens (tertiary/aromatic N) is 10. The summed E-state index contributed by atoms with van der Waals surface area (Å²) < 4.78 is 3.67. The van der Waals surface area contributed by atoms with Gasteiger partial charge in [0.1, 0.15) is 18.0 Å². The Bertz CT molecular complexity index is 1040. The summed E-state index contributed by atoms with van der Waals surface area (Å²) in [6, 6.07) is 3.92. The molecule has 0 aliphatic carbocycles. The van der Waals surface area contributed by atoms with Crippen molar-refractivity contribution in [2.75, 3.05) is 36.0 Å². The van der Waals surface area contributed by atoms with Crippen LogP contribution in [0.5, 0.6) is 0 Å². The van der Waals surface area contributed by atoms with Crippen LogP contribution in [0.3, 0.4) is 0 Å². The molecule has 0 bridgehead atoms. The smallest absolute Gasteiger partial charge is 0.203 e. The molecule has 5 heterocycles. The molecule has 0 N–H and O–H groups in total. The first-order valence-corrected chi connectivity index (χ1v) is 8.13. The molecule has 1 aliphatic rings. The minimum absolute atomic E-state index is 0.750. The van der Waals surface area contributed by atoms with Crippen molar-refractivity contribution >= 4 is 22.9 Å². The lowest BCUT2D eigenvalue weighted by Gasteiger charge is -2.35. The van der Waals surface area contributed by atoms with Crippen molar-refractivity contribution < 1.29 is 0 Å². The van der Waals surface area contributed by atoms with Crippen LogP contribution >= 0.6 is 0 Å². The summed E-state index contributed by atoms with van der Waals surface area (Å²) >= 11 is 0.